The van der Waals surface area contributed by atoms with E-state index in [1.165, 1.54) is 0 Å². The predicted octanol–water partition coefficient (Wildman–Crippen LogP) is 0.287. The number of aliphatic hydroxyl groups excluding tert-OH is 1. The van der Waals surface area contributed by atoms with Gasteiger partial charge in [-0.15, -0.1) is 0 Å². The van der Waals surface area contributed by atoms with Crippen molar-refractivity contribution in [2.75, 3.05) is 38.3 Å². The first-order valence-corrected chi connectivity index (χ1v) is 6.37. The van der Waals surface area contributed by atoms with Crippen molar-refractivity contribution < 1.29 is 14.6 Å². The number of anilines is 1. The summed E-state index contributed by atoms with van der Waals surface area (Å²) in [6.07, 6.45) is -0.151. The highest BCUT2D eigenvalue weighted by Crippen LogP contribution is 2.19. The molecule has 0 radical (unpaired) electrons. The van der Waals surface area contributed by atoms with Crippen LogP contribution in [0.2, 0.25) is 0 Å². The smallest absolute Gasteiger partial charge is 0.319 e. The molecule has 1 aliphatic heterocycles. The fourth-order valence-corrected chi connectivity index (χ4v) is 2.16. The maximum absolute atomic E-state index is 9.10. The van der Waals surface area contributed by atoms with Crippen LogP contribution in [0, 0.1) is 3.70 Å². The molecular formula is C10H14IN3O3. The molecule has 1 aromatic heterocycles. The molecular weight excluding hydrogens is 337 g/mol. The second-order valence-electron chi connectivity index (χ2n) is 3.66. The van der Waals surface area contributed by atoms with Gasteiger partial charge in [0, 0.05) is 19.2 Å². The highest BCUT2D eigenvalue weighted by atomic mass is 127. The van der Waals surface area contributed by atoms with E-state index in [4.69, 9.17) is 14.6 Å². The van der Waals surface area contributed by atoms with Gasteiger partial charge in [-0.2, -0.15) is 9.97 Å². The Balaban J connectivity index is 2.18. The molecule has 1 saturated heterocycles. The Bertz CT molecular complexity index is 391. The second kappa shape index (κ2) is 5.78. The van der Waals surface area contributed by atoms with Gasteiger partial charge in [-0.3, -0.25) is 0 Å². The van der Waals surface area contributed by atoms with Crippen molar-refractivity contribution >= 4 is 28.4 Å². The van der Waals surface area contributed by atoms with Crippen LogP contribution in [0.4, 0.5) is 5.82 Å². The molecule has 17 heavy (non-hydrogen) atoms. The lowest BCUT2D eigenvalue weighted by molar-refractivity contribution is 0.00332. The van der Waals surface area contributed by atoms with Crippen molar-refractivity contribution in [2.45, 2.75) is 6.10 Å². The number of halogens is 1. The fraction of sp³-hybridized carbons (Fsp3) is 0.600. The number of aromatic nitrogens is 2. The van der Waals surface area contributed by atoms with Gasteiger partial charge >= 0.3 is 6.01 Å². The Kier molecular flexibility index (Phi) is 4.35. The number of methoxy groups -OCH3 is 1. The van der Waals surface area contributed by atoms with E-state index >= 15 is 0 Å². The lowest BCUT2D eigenvalue weighted by Crippen LogP contribution is -2.44. The fourth-order valence-electron chi connectivity index (χ4n) is 1.68. The van der Waals surface area contributed by atoms with Gasteiger partial charge in [0.1, 0.15) is 9.52 Å². The number of rotatable bonds is 3. The van der Waals surface area contributed by atoms with E-state index in [2.05, 4.69) is 37.5 Å². The average Bonchev–Trinajstić information content (AvgIpc) is 2.38. The Morgan fingerprint density at radius 2 is 2.47 bits per heavy atom. The molecule has 7 heteroatoms. The molecule has 0 aliphatic carbocycles. The van der Waals surface area contributed by atoms with Crippen LogP contribution in [0.3, 0.4) is 0 Å². The highest BCUT2D eigenvalue weighted by Gasteiger charge is 2.21. The minimum atomic E-state index is -0.151. The summed E-state index contributed by atoms with van der Waals surface area (Å²) in [6, 6.07) is 2.25. The van der Waals surface area contributed by atoms with Gasteiger partial charge in [-0.05, 0) is 22.6 Å². The number of nitrogens with zero attached hydrogens (tertiary/aromatic N) is 3. The quantitative estimate of drug-likeness (QED) is 0.624. The third-order valence-electron chi connectivity index (χ3n) is 2.51. The van der Waals surface area contributed by atoms with E-state index in [1.807, 2.05) is 6.07 Å². The van der Waals surface area contributed by atoms with E-state index in [0.717, 1.165) is 16.1 Å². The molecule has 0 unspecified atom stereocenters. The zero-order valence-corrected chi connectivity index (χ0v) is 11.6. The minimum Gasteiger partial charge on any atom is -0.467 e. The molecule has 0 aromatic carbocycles. The summed E-state index contributed by atoms with van der Waals surface area (Å²) < 4.78 is 11.3. The lowest BCUT2D eigenvalue weighted by Gasteiger charge is -2.32. The zero-order valence-electron chi connectivity index (χ0n) is 9.47. The first kappa shape index (κ1) is 12.8. The number of morpholine rings is 1. The normalized spacial score (nSPS) is 20.4. The van der Waals surface area contributed by atoms with E-state index in [1.54, 1.807) is 7.11 Å². The molecule has 1 aliphatic rings. The maximum Gasteiger partial charge on any atom is 0.319 e. The Morgan fingerprint density at radius 3 is 3.18 bits per heavy atom. The van der Waals surface area contributed by atoms with Crippen LogP contribution >= 0.6 is 22.6 Å². The van der Waals surface area contributed by atoms with Crippen LogP contribution in [0.1, 0.15) is 0 Å². The summed E-state index contributed by atoms with van der Waals surface area (Å²) in [4.78, 5) is 10.5. The van der Waals surface area contributed by atoms with E-state index in [0.29, 0.717) is 19.2 Å². The van der Waals surface area contributed by atoms with Crippen LogP contribution in [-0.2, 0) is 4.74 Å². The SMILES string of the molecule is COc1nc(I)cc(N2CCO[C@H](CO)C2)n1. The molecule has 0 bridgehead atoms. The lowest BCUT2D eigenvalue weighted by atomic mass is 10.3. The highest BCUT2D eigenvalue weighted by molar-refractivity contribution is 14.1. The van der Waals surface area contributed by atoms with Crippen molar-refractivity contribution in [2.24, 2.45) is 0 Å². The summed E-state index contributed by atoms with van der Waals surface area (Å²) in [5, 5.41) is 9.10. The second-order valence-corrected chi connectivity index (χ2v) is 4.76. The van der Waals surface area contributed by atoms with Gasteiger partial charge in [0.05, 0.1) is 26.4 Å². The van der Waals surface area contributed by atoms with Crippen molar-refractivity contribution in [3.63, 3.8) is 0 Å². The molecule has 1 atom stereocenters. The van der Waals surface area contributed by atoms with Gasteiger partial charge in [-0.25, -0.2) is 0 Å². The average molecular weight is 351 g/mol. The van der Waals surface area contributed by atoms with Crippen LogP contribution in [0.15, 0.2) is 6.07 Å². The first-order valence-electron chi connectivity index (χ1n) is 5.29. The molecule has 1 fully saturated rings. The molecule has 94 valence electrons. The number of hydrogen-bond donors (Lipinski definition) is 1. The summed E-state index contributed by atoms with van der Waals surface area (Å²) in [7, 11) is 1.55. The topological polar surface area (TPSA) is 67.7 Å². The first-order chi connectivity index (χ1) is 8.22. The van der Waals surface area contributed by atoms with Crippen LogP contribution in [-0.4, -0.2) is 54.6 Å². The molecule has 1 aromatic rings. The van der Waals surface area contributed by atoms with E-state index in [9.17, 15) is 0 Å². The number of hydrogen-bond acceptors (Lipinski definition) is 6. The van der Waals surface area contributed by atoms with Gasteiger partial charge < -0.3 is 19.5 Å². The van der Waals surface area contributed by atoms with Crippen molar-refractivity contribution in [3.05, 3.63) is 9.77 Å². The summed E-state index contributed by atoms with van der Waals surface area (Å²) in [6.45, 7) is 2.00. The number of aliphatic hydroxyl groups is 1. The van der Waals surface area contributed by atoms with Crippen molar-refractivity contribution in [1.29, 1.82) is 0 Å². The van der Waals surface area contributed by atoms with E-state index < -0.39 is 0 Å². The molecule has 6 nitrogen and oxygen atoms in total. The monoisotopic (exact) mass is 351 g/mol. The molecule has 0 saturated carbocycles. The Morgan fingerprint density at radius 1 is 1.65 bits per heavy atom. The summed E-state index contributed by atoms with van der Waals surface area (Å²) >= 11 is 2.13. The Hall–Kier alpha value is -0.670. The van der Waals surface area contributed by atoms with Crippen molar-refractivity contribution in [3.8, 4) is 6.01 Å². The zero-order chi connectivity index (χ0) is 12.3. The van der Waals surface area contributed by atoms with Gasteiger partial charge in [0.2, 0.25) is 0 Å². The van der Waals surface area contributed by atoms with Gasteiger partial charge in [0.25, 0.3) is 0 Å². The third kappa shape index (κ3) is 3.17. The third-order valence-corrected chi connectivity index (χ3v) is 3.06. The standard InChI is InChI=1S/C10H14IN3O3/c1-16-10-12-8(11)4-9(13-10)14-2-3-17-7(5-14)6-15/h4,7,15H,2-3,5-6H2,1H3/t7-/m0/s1. The summed E-state index contributed by atoms with van der Waals surface area (Å²) in [5.74, 6) is 0.808. The predicted molar refractivity (Wildman–Crippen MR) is 70.3 cm³/mol. The molecule has 1 N–H and O–H groups in total. The number of ether oxygens (including phenoxy) is 2. The summed E-state index contributed by atoms with van der Waals surface area (Å²) in [5.41, 5.74) is 0. The minimum absolute atomic E-state index is 0.0236. The molecule has 2 rings (SSSR count). The molecule has 0 spiro atoms. The van der Waals surface area contributed by atoms with Gasteiger partial charge in [-0.1, -0.05) is 0 Å². The van der Waals surface area contributed by atoms with Crippen LogP contribution in [0.25, 0.3) is 0 Å². The van der Waals surface area contributed by atoms with Crippen LogP contribution < -0.4 is 9.64 Å². The molecule has 0 amide bonds. The maximum atomic E-state index is 9.10. The van der Waals surface area contributed by atoms with E-state index in [-0.39, 0.29) is 12.7 Å². The molecule has 2 heterocycles. The van der Waals surface area contributed by atoms with Crippen molar-refractivity contribution in [1.82, 2.24) is 9.97 Å². The van der Waals surface area contributed by atoms with Gasteiger partial charge in [0.15, 0.2) is 0 Å². The van der Waals surface area contributed by atoms with Crippen LogP contribution in [0.5, 0.6) is 6.01 Å². The largest absolute Gasteiger partial charge is 0.467 e. The Labute approximate surface area is 113 Å².